The molecule has 9 heteroatoms. The quantitative estimate of drug-likeness (QED) is 0.576. The summed E-state index contributed by atoms with van der Waals surface area (Å²) in [5.41, 5.74) is 10.6. The number of nitrogens with two attached hydrogens (primary N) is 2. The van der Waals surface area contributed by atoms with E-state index in [0.29, 0.717) is 10.5 Å². The van der Waals surface area contributed by atoms with Gasteiger partial charge in [0.1, 0.15) is 16.7 Å². The number of anilines is 2. The molecule has 0 bridgehead atoms. The Morgan fingerprint density at radius 2 is 2.00 bits per heavy atom. The molecule has 1 aromatic carbocycles. The van der Waals surface area contributed by atoms with Crippen molar-refractivity contribution in [2.45, 2.75) is 0 Å². The third-order valence-electron chi connectivity index (χ3n) is 2.39. The highest BCUT2D eigenvalue weighted by molar-refractivity contribution is 6.32. The van der Waals surface area contributed by atoms with Crippen molar-refractivity contribution in [1.29, 1.82) is 0 Å². The van der Waals surface area contributed by atoms with Crippen molar-refractivity contribution in [2.75, 3.05) is 11.5 Å². The van der Waals surface area contributed by atoms with E-state index >= 15 is 0 Å². The Labute approximate surface area is 122 Å². The van der Waals surface area contributed by atoms with E-state index in [-0.39, 0.29) is 22.7 Å². The first-order chi connectivity index (χ1) is 9.97. The predicted molar refractivity (Wildman–Crippen MR) is 78.2 cm³/mol. The molecule has 108 valence electrons. The van der Waals surface area contributed by atoms with E-state index in [1.165, 1.54) is 30.7 Å². The van der Waals surface area contributed by atoms with Crippen LogP contribution in [0, 0.1) is 5.82 Å². The van der Waals surface area contributed by atoms with Crippen LogP contribution in [0.25, 0.3) is 10.9 Å². The highest BCUT2D eigenvalue weighted by Crippen LogP contribution is 2.13. The number of aromatic nitrogens is 4. The number of H-pyrrole nitrogens is 1. The molecule has 0 fully saturated rings. The fourth-order valence-corrected chi connectivity index (χ4v) is 1.53. The fourth-order valence-electron chi connectivity index (χ4n) is 1.44. The summed E-state index contributed by atoms with van der Waals surface area (Å²) in [6.07, 6.45) is 2.65. The highest BCUT2D eigenvalue weighted by atomic mass is 35.5. The van der Waals surface area contributed by atoms with E-state index in [1.807, 2.05) is 0 Å². The summed E-state index contributed by atoms with van der Waals surface area (Å²) in [6, 6.07) is 3.91. The molecule has 7 nitrogen and oxygen atoms in total. The van der Waals surface area contributed by atoms with Crippen molar-refractivity contribution in [3.63, 3.8) is 0 Å². The zero-order chi connectivity index (χ0) is 15.4. The van der Waals surface area contributed by atoms with Gasteiger partial charge < -0.3 is 16.5 Å². The lowest BCUT2D eigenvalue weighted by atomic mass is 10.2. The Bertz CT molecular complexity index is 837. The number of hydrogen-bond acceptors (Lipinski definition) is 6. The van der Waals surface area contributed by atoms with Crippen molar-refractivity contribution >= 4 is 34.3 Å². The predicted octanol–water partition coefficient (Wildman–Crippen LogP) is 1.36. The van der Waals surface area contributed by atoms with Crippen LogP contribution < -0.4 is 17.0 Å². The molecular weight excluding hydrogens is 299 g/mol. The molecule has 2 aromatic heterocycles. The summed E-state index contributed by atoms with van der Waals surface area (Å²) in [5.74, 6) is -0.0814. The average Bonchev–Trinajstić information content (AvgIpc) is 2.45. The summed E-state index contributed by atoms with van der Waals surface area (Å²) in [6.45, 7) is 0. The Hall–Kier alpha value is -2.74. The summed E-state index contributed by atoms with van der Waals surface area (Å²) >= 11 is 5.48. The molecule has 0 saturated carbocycles. The molecule has 0 amide bonds. The van der Waals surface area contributed by atoms with Crippen molar-refractivity contribution in [2.24, 2.45) is 0 Å². The number of fused-ring (bicyclic) bond motifs is 1. The zero-order valence-electron chi connectivity index (χ0n) is 10.5. The van der Waals surface area contributed by atoms with E-state index in [2.05, 4.69) is 19.9 Å². The van der Waals surface area contributed by atoms with Gasteiger partial charge in [0.25, 0.3) is 5.56 Å². The number of nitrogen functional groups attached to an aromatic ring is 2. The second-order valence-electron chi connectivity index (χ2n) is 3.85. The van der Waals surface area contributed by atoms with Gasteiger partial charge in [0.05, 0.1) is 23.4 Å². The number of halogens is 2. The maximum absolute atomic E-state index is 12.6. The van der Waals surface area contributed by atoms with Gasteiger partial charge in [0.15, 0.2) is 0 Å². The Kier molecular flexibility index (Phi) is 4.29. The van der Waals surface area contributed by atoms with Crippen LogP contribution in [0.5, 0.6) is 0 Å². The molecule has 2 heterocycles. The van der Waals surface area contributed by atoms with Gasteiger partial charge in [-0.3, -0.25) is 4.79 Å². The smallest absolute Gasteiger partial charge is 0.258 e. The minimum Gasteiger partial charge on any atom is -0.382 e. The zero-order valence-corrected chi connectivity index (χ0v) is 11.3. The molecule has 5 N–H and O–H groups in total. The number of benzene rings is 1. The fraction of sp³-hybridized carbons (Fsp3) is 0. The van der Waals surface area contributed by atoms with Gasteiger partial charge in [-0.25, -0.2) is 14.4 Å². The molecule has 21 heavy (non-hydrogen) atoms. The molecule has 0 aliphatic heterocycles. The van der Waals surface area contributed by atoms with Crippen LogP contribution in [-0.2, 0) is 0 Å². The van der Waals surface area contributed by atoms with Gasteiger partial charge in [-0.2, -0.15) is 4.98 Å². The Balaban J connectivity index is 0.000000161. The number of hydrogen-bond donors (Lipinski definition) is 3. The second-order valence-corrected chi connectivity index (χ2v) is 4.26. The van der Waals surface area contributed by atoms with Gasteiger partial charge in [-0.1, -0.05) is 11.6 Å². The average molecular weight is 309 g/mol. The summed E-state index contributed by atoms with van der Waals surface area (Å²) in [7, 11) is 0. The molecule has 3 aromatic rings. The van der Waals surface area contributed by atoms with Crippen molar-refractivity contribution in [3.05, 3.63) is 51.9 Å². The van der Waals surface area contributed by atoms with E-state index < -0.39 is 5.82 Å². The third kappa shape index (κ3) is 3.63. The normalized spacial score (nSPS) is 10.0. The topological polar surface area (TPSA) is 124 Å². The molecular formula is C12H10ClFN6O. The van der Waals surface area contributed by atoms with Crippen molar-refractivity contribution < 1.29 is 4.39 Å². The first-order valence-corrected chi connectivity index (χ1v) is 6.01. The Morgan fingerprint density at radius 1 is 1.24 bits per heavy atom. The van der Waals surface area contributed by atoms with Crippen molar-refractivity contribution in [1.82, 2.24) is 19.9 Å². The van der Waals surface area contributed by atoms with Gasteiger partial charge in [0, 0.05) is 0 Å². The standard InChI is InChI=1S/C8H5FN2O.C4H5ClN4/c9-5-1-2-7-6(3-5)8(12)11-4-10-7;5-2-1-8-4(7)9-3(2)6/h1-4H,(H,10,11,12);1H,(H4,6,7,8,9). The number of aromatic amines is 1. The SMILES string of the molecule is Nc1ncc(Cl)c(N)n1.O=c1[nH]cnc2ccc(F)cc12. The van der Waals surface area contributed by atoms with Crippen LogP contribution in [0.4, 0.5) is 16.2 Å². The van der Waals surface area contributed by atoms with E-state index in [4.69, 9.17) is 23.1 Å². The van der Waals surface area contributed by atoms with Crippen LogP contribution in [0.2, 0.25) is 5.02 Å². The summed E-state index contributed by atoms with van der Waals surface area (Å²) in [4.78, 5) is 24.5. The van der Waals surface area contributed by atoms with Crippen LogP contribution in [0.3, 0.4) is 0 Å². The second kappa shape index (κ2) is 6.14. The lowest BCUT2D eigenvalue weighted by Crippen LogP contribution is -2.06. The molecule has 0 atom stereocenters. The van der Waals surface area contributed by atoms with Gasteiger partial charge in [-0.15, -0.1) is 0 Å². The maximum Gasteiger partial charge on any atom is 0.258 e. The van der Waals surface area contributed by atoms with Gasteiger partial charge >= 0.3 is 0 Å². The summed E-state index contributed by atoms with van der Waals surface area (Å²) in [5, 5.41) is 0.599. The van der Waals surface area contributed by atoms with Crippen LogP contribution in [-0.4, -0.2) is 19.9 Å². The first-order valence-electron chi connectivity index (χ1n) is 5.64. The summed E-state index contributed by atoms with van der Waals surface area (Å²) < 4.78 is 12.6. The van der Waals surface area contributed by atoms with E-state index in [0.717, 1.165) is 0 Å². The number of rotatable bonds is 0. The van der Waals surface area contributed by atoms with Gasteiger partial charge in [-0.05, 0) is 18.2 Å². The lowest BCUT2D eigenvalue weighted by molar-refractivity contribution is 0.629. The molecule has 0 unspecified atom stereocenters. The van der Waals surface area contributed by atoms with Gasteiger partial charge in [0.2, 0.25) is 5.95 Å². The molecule has 0 aliphatic rings. The minimum atomic E-state index is -0.430. The first kappa shape index (κ1) is 14.7. The van der Waals surface area contributed by atoms with Crippen LogP contribution >= 0.6 is 11.6 Å². The monoisotopic (exact) mass is 308 g/mol. The van der Waals surface area contributed by atoms with Crippen LogP contribution in [0.1, 0.15) is 0 Å². The number of nitrogens with one attached hydrogen (secondary N) is 1. The highest BCUT2D eigenvalue weighted by Gasteiger charge is 1.99. The minimum absolute atomic E-state index is 0.136. The Morgan fingerprint density at radius 3 is 2.67 bits per heavy atom. The molecule has 3 rings (SSSR count). The largest absolute Gasteiger partial charge is 0.382 e. The molecule has 0 saturated heterocycles. The van der Waals surface area contributed by atoms with E-state index in [9.17, 15) is 9.18 Å². The molecule has 0 aliphatic carbocycles. The molecule has 0 radical (unpaired) electrons. The molecule has 0 spiro atoms. The lowest BCUT2D eigenvalue weighted by Gasteiger charge is -1.94. The van der Waals surface area contributed by atoms with Crippen molar-refractivity contribution in [3.8, 4) is 0 Å². The van der Waals surface area contributed by atoms with Crippen LogP contribution in [0.15, 0.2) is 35.5 Å². The maximum atomic E-state index is 12.6. The van der Waals surface area contributed by atoms with E-state index in [1.54, 1.807) is 0 Å². The third-order valence-corrected chi connectivity index (χ3v) is 2.68. The number of nitrogens with zero attached hydrogens (tertiary/aromatic N) is 3.